The van der Waals surface area contributed by atoms with Crippen molar-refractivity contribution in [3.05, 3.63) is 11.9 Å². The average Bonchev–Trinajstić information content (AvgIpc) is 2.48. The van der Waals surface area contributed by atoms with Gasteiger partial charge in [0.1, 0.15) is 17.5 Å². The summed E-state index contributed by atoms with van der Waals surface area (Å²) in [4.78, 5) is 11.9. The molecule has 1 aliphatic heterocycles. The zero-order valence-corrected chi connectivity index (χ0v) is 14.0. The van der Waals surface area contributed by atoms with E-state index in [1.165, 1.54) is 6.42 Å². The van der Waals surface area contributed by atoms with Gasteiger partial charge in [0.05, 0.1) is 0 Å². The highest BCUT2D eigenvalue weighted by molar-refractivity contribution is 5.49. The first-order chi connectivity index (χ1) is 10.1. The minimum atomic E-state index is 0.732. The van der Waals surface area contributed by atoms with Gasteiger partial charge in [0, 0.05) is 32.1 Å². The summed E-state index contributed by atoms with van der Waals surface area (Å²) in [6.07, 6.45) is 4.41. The summed E-state index contributed by atoms with van der Waals surface area (Å²) in [5.41, 5.74) is 0. The fourth-order valence-electron chi connectivity index (χ4n) is 2.80. The van der Waals surface area contributed by atoms with Crippen molar-refractivity contribution < 1.29 is 0 Å². The van der Waals surface area contributed by atoms with E-state index < -0.39 is 0 Å². The van der Waals surface area contributed by atoms with Gasteiger partial charge >= 0.3 is 0 Å². The number of hydrogen-bond acceptors (Lipinski definition) is 4. The van der Waals surface area contributed by atoms with E-state index in [1.54, 1.807) is 0 Å². The van der Waals surface area contributed by atoms with Gasteiger partial charge in [-0.05, 0) is 31.1 Å². The van der Waals surface area contributed by atoms with Gasteiger partial charge in [0.2, 0.25) is 0 Å². The largest absolute Gasteiger partial charge is 0.370 e. The molecule has 1 saturated heterocycles. The third-order valence-corrected chi connectivity index (χ3v) is 4.45. The second-order valence-electron chi connectivity index (χ2n) is 6.39. The minimum absolute atomic E-state index is 0.732. The normalized spacial score (nSPS) is 22.4. The molecule has 1 fully saturated rings. The van der Waals surface area contributed by atoms with Crippen LogP contribution in [0.15, 0.2) is 6.07 Å². The monoisotopic (exact) mass is 290 g/mol. The summed E-state index contributed by atoms with van der Waals surface area (Å²) >= 11 is 0. The quantitative estimate of drug-likeness (QED) is 0.866. The van der Waals surface area contributed by atoms with Crippen LogP contribution in [0.4, 0.5) is 11.6 Å². The zero-order valence-electron chi connectivity index (χ0n) is 14.0. The lowest BCUT2D eigenvalue weighted by atomic mass is 9.89. The van der Waals surface area contributed by atoms with Gasteiger partial charge in [-0.2, -0.15) is 0 Å². The summed E-state index contributed by atoms with van der Waals surface area (Å²) in [5, 5.41) is 3.41. The summed E-state index contributed by atoms with van der Waals surface area (Å²) in [6.45, 7) is 12.3. The van der Waals surface area contributed by atoms with Crippen molar-refractivity contribution in [2.45, 2.75) is 53.4 Å². The van der Waals surface area contributed by atoms with Crippen molar-refractivity contribution in [2.75, 3.05) is 29.9 Å². The predicted molar refractivity (Wildman–Crippen MR) is 90.0 cm³/mol. The summed E-state index contributed by atoms with van der Waals surface area (Å²) < 4.78 is 0. The zero-order chi connectivity index (χ0) is 15.2. The second kappa shape index (κ2) is 7.62. The lowest BCUT2D eigenvalue weighted by Gasteiger charge is -2.36. The van der Waals surface area contributed by atoms with E-state index >= 15 is 0 Å². The molecule has 0 amide bonds. The van der Waals surface area contributed by atoms with Gasteiger partial charge in [0.15, 0.2) is 0 Å². The molecule has 1 aliphatic rings. The molecule has 1 aromatic heterocycles. The van der Waals surface area contributed by atoms with Crippen molar-refractivity contribution in [1.82, 2.24) is 9.97 Å². The van der Waals surface area contributed by atoms with Crippen LogP contribution in [-0.2, 0) is 6.42 Å². The van der Waals surface area contributed by atoms with Crippen LogP contribution in [0.3, 0.4) is 0 Å². The van der Waals surface area contributed by atoms with E-state index in [0.717, 1.165) is 68.2 Å². The first-order valence-corrected chi connectivity index (χ1v) is 8.50. The summed E-state index contributed by atoms with van der Waals surface area (Å²) in [6, 6.07) is 2.12. The standard InChI is InChI=1S/C17H30N4/c1-5-7-15-19-16(18-9-6-2)11-17(20-15)21-10-8-13(3)14(4)12-21/h11,13-14H,5-10,12H2,1-4H3,(H,18,19,20). The molecule has 0 saturated carbocycles. The van der Waals surface area contributed by atoms with Crippen molar-refractivity contribution >= 4 is 11.6 Å². The Morgan fingerprint density at radius 3 is 2.67 bits per heavy atom. The fourth-order valence-corrected chi connectivity index (χ4v) is 2.80. The predicted octanol–water partition coefficient (Wildman–Crippen LogP) is 3.73. The molecule has 0 aromatic carbocycles. The molecule has 0 aliphatic carbocycles. The Labute approximate surface area is 129 Å². The van der Waals surface area contributed by atoms with E-state index in [0.29, 0.717) is 0 Å². The molecule has 21 heavy (non-hydrogen) atoms. The Morgan fingerprint density at radius 2 is 2.00 bits per heavy atom. The van der Waals surface area contributed by atoms with Crippen molar-refractivity contribution in [3.63, 3.8) is 0 Å². The van der Waals surface area contributed by atoms with Gasteiger partial charge in [0.25, 0.3) is 0 Å². The van der Waals surface area contributed by atoms with E-state index in [2.05, 4.69) is 49.0 Å². The number of aryl methyl sites for hydroxylation is 1. The molecule has 1 N–H and O–H groups in total. The third kappa shape index (κ3) is 4.32. The highest BCUT2D eigenvalue weighted by Crippen LogP contribution is 2.27. The fraction of sp³-hybridized carbons (Fsp3) is 0.765. The molecule has 0 radical (unpaired) electrons. The number of rotatable bonds is 6. The SMILES string of the molecule is CCCNc1cc(N2CCC(C)C(C)C2)nc(CCC)n1. The Bertz CT molecular complexity index is 446. The number of hydrogen-bond donors (Lipinski definition) is 1. The Morgan fingerprint density at radius 1 is 1.19 bits per heavy atom. The van der Waals surface area contributed by atoms with Gasteiger partial charge < -0.3 is 10.2 Å². The third-order valence-electron chi connectivity index (χ3n) is 4.45. The second-order valence-corrected chi connectivity index (χ2v) is 6.39. The van der Waals surface area contributed by atoms with Crippen LogP contribution in [0.1, 0.15) is 52.8 Å². The smallest absolute Gasteiger partial charge is 0.134 e. The molecule has 2 unspecified atom stereocenters. The van der Waals surface area contributed by atoms with E-state index in [1.807, 2.05) is 0 Å². The minimum Gasteiger partial charge on any atom is -0.370 e. The molecule has 2 heterocycles. The molecule has 0 bridgehead atoms. The number of nitrogens with one attached hydrogen (secondary N) is 1. The number of nitrogens with zero attached hydrogens (tertiary/aromatic N) is 3. The molecule has 0 spiro atoms. The van der Waals surface area contributed by atoms with Crippen LogP contribution >= 0.6 is 0 Å². The van der Waals surface area contributed by atoms with Crippen molar-refractivity contribution in [2.24, 2.45) is 11.8 Å². The van der Waals surface area contributed by atoms with Gasteiger partial charge in [-0.25, -0.2) is 9.97 Å². The molecular formula is C17H30N4. The maximum atomic E-state index is 4.79. The highest BCUT2D eigenvalue weighted by Gasteiger charge is 2.24. The van der Waals surface area contributed by atoms with Gasteiger partial charge in [-0.3, -0.25) is 0 Å². The van der Waals surface area contributed by atoms with Crippen molar-refractivity contribution in [3.8, 4) is 0 Å². The molecular weight excluding hydrogens is 260 g/mol. The van der Waals surface area contributed by atoms with E-state index in [4.69, 9.17) is 4.98 Å². The Balaban J connectivity index is 2.18. The molecule has 118 valence electrons. The Kier molecular flexibility index (Phi) is 5.83. The topological polar surface area (TPSA) is 41.0 Å². The summed E-state index contributed by atoms with van der Waals surface area (Å²) in [5.74, 6) is 4.61. The first kappa shape index (κ1) is 16.1. The average molecular weight is 290 g/mol. The first-order valence-electron chi connectivity index (χ1n) is 8.50. The number of anilines is 2. The van der Waals surface area contributed by atoms with Crippen LogP contribution in [-0.4, -0.2) is 29.6 Å². The van der Waals surface area contributed by atoms with Crippen LogP contribution in [0.2, 0.25) is 0 Å². The maximum absolute atomic E-state index is 4.79. The molecule has 1 aromatic rings. The van der Waals surface area contributed by atoms with Crippen LogP contribution < -0.4 is 10.2 Å². The van der Waals surface area contributed by atoms with Gasteiger partial charge in [-0.1, -0.05) is 27.7 Å². The molecule has 2 atom stereocenters. The molecule has 2 rings (SSSR count). The van der Waals surface area contributed by atoms with Gasteiger partial charge in [-0.15, -0.1) is 0 Å². The van der Waals surface area contributed by atoms with E-state index in [-0.39, 0.29) is 0 Å². The number of aromatic nitrogens is 2. The van der Waals surface area contributed by atoms with Crippen LogP contribution in [0, 0.1) is 11.8 Å². The van der Waals surface area contributed by atoms with E-state index in [9.17, 15) is 0 Å². The lowest BCUT2D eigenvalue weighted by molar-refractivity contribution is 0.322. The Hall–Kier alpha value is -1.32. The molecule has 4 heteroatoms. The number of piperidine rings is 1. The van der Waals surface area contributed by atoms with Crippen LogP contribution in [0.5, 0.6) is 0 Å². The molecule has 4 nitrogen and oxygen atoms in total. The lowest BCUT2D eigenvalue weighted by Crippen LogP contribution is -2.39. The highest BCUT2D eigenvalue weighted by atomic mass is 15.2. The van der Waals surface area contributed by atoms with Crippen molar-refractivity contribution in [1.29, 1.82) is 0 Å². The maximum Gasteiger partial charge on any atom is 0.134 e. The van der Waals surface area contributed by atoms with Crippen LogP contribution in [0.25, 0.3) is 0 Å². The summed E-state index contributed by atoms with van der Waals surface area (Å²) in [7, 11) is 0.